The summed E-state index contributed by atoms with van der Waals surface area (Å²) >= 11 is 0. The molecule has 0 aromatic heterocycles. The van der Waals surface area contributed by atoms with Gasteiger partial charge in [-0.1, -0.05) is 12.4 Å². The molecule has 0 aliphatic carbocycles. The van der Waals surface area contributed by atoms with Crippen LogP contribution >= 0.6 is 0 Å². The van der Waals surface area contributed by atoms with Crippen molar-refractivity contribution in [3.05, 3.63) is 47.0 Å². The Labute approximate surface area is 170 Å². The number of carbonyl (C=O) groups is 2. The van der Waals surface area contributed by atoms with E-state index in [0.29, 0.717) is 5.56 Å². The summed E-state index contributed by atoms with van der Waals surface area (Å²) < 4.78 is 10.9. The second kappa shape index (κ2) is 7.11. The van der Waals surface area contributed by atoms with Crippen LogP contribution in [0.3, 0.4) is 0 Å². The van der Waals surface area contributed by atoms with Gasteiger partial charge in [0.15, 0.2) is 11.5 Å². The number of benzene rings is 2. The molecule has 2 heterocycles. The SMILES string of the molecule is O=C(O)c1c(OC2CN(C(=O)c3ccc(O)c(O)c3)C2)ccc2c1O[B-](O)(O)CC2. The van der Waals surface area contributed by atoms with E-state index < -0.39 is 24.6 Å². The Hall–Kier alpha value is -3.44. The van der Waals surface area contributed by atoms with E-state index in [4.69, 9.17) is 9.39 Å². The molecule has 0 unspecified atom stereocenters. The van der Waals surface area contributed by atoms with Gasteiger partial charge in [-0.25, -0.2) is 4.79 Å². The molecule has 4 rings (SSSR count). The average molecular weight is 416 g/mol. The van der Waals surface area contributed by atoms with E-state index in [-0.39, 0.29) is 60.1 Å². The number of carboxylic acid groups (broad SMARTS) is 1. The molecule has 158 valence electrons. The van der Waals surface area contributed by atoms with E-state index in [1.54, 1.807) is 6.07 Å². The van der Waals surface area contributed by atoms with Crippen molar-refractivity contribution in [1.82, 2.24) is 4.90 Å². The molecule has 2 aromatic rings. The number of rotatable bonds is 4. The minimum Gasteiger partial charge on any atom is -0.669 e. The smallest absolute Gasteiger partial charge is 0.430 e. The molecule has 5 N–H and O–H groups in total. The fraction of sp³-hybridized carbons (Fsp3) is 0.263. The number of ether oxygens (including phenoxy) is 1. The summed E-state index contributed by atoms with van der Waals surface area (Å²) in [4.78, 5) is 25.7. The van der Waals surface area contributed by atoms with Crippen molar-refractivity contribution in [1.29, 1.82) is 0 Å². The third-order valence-electron chi connectivity index (χ3n) is 5.16. The third-order valence-corrected chi connectivity index (χ3v) is 5.16. The number of aromatic carboxylic acids is 1. The van der Waals surface area contributed by atoms with E-state index in [1.807, 2.05) is 0 Å². The molecule has 0 bridgehead atoms. The van der Waals surface area contributed by atoms with Crippen LogP contribution in [0.15, 0.2) is 30.3 Å². The second-order valence-electron chi connectivity index (χ2n) is 7.40. The lowest BCUT2D eigenvalue weighted by molar-refractivity contribution is 0.0168. The monoisotopic (exact) mass is 416 g/mol. The Bertz CT molecular complexity index is 1030. The first-order chi connectivity index (χ1) is 14.1. The van der Waals surface area contributed by atoms with Crippen molar-refractivity contribution in [2.24, 2.45) is 0 Å². The van der Waals surface area contributed by atoms with Crippen LogP contribution in [0, 0.1) is 0 Å². The highest BCUT2D eigenvalue weighted by Gasteiger charge is 2.36. The van der Waals surface area contributed by atoms with Gasteiger partial charge < -0.3 is 39.7 Å². The normalized spacial score (nSPS) is 17.5. The topological polar surface area (TPSA) is 157 Å². The van der Waals surface area contributed by atoms with Crippen molar-refractivity contribution < 1.29 is 44.3 Å². The van der Waals surface area contributed by atoms with Gasteiger partial charge in [-0.15, -0.1) is 0 Å². The second-order valence-corrected chi connectivity index (χ2v) is 7.40. The zero-order valence-corrected chi connectivity index (χ0v) is 15.7. The lowest BCUT2D eigenvalue weighted by Crippen LogP contribution is -2.56. The van der Waals surface area contributed by atoms with E-state index in [0.717, 1.165) is 6.07 Å². The molecular formula is C19H19BNO9-. The molecule has 1 amide bonds. The molecule has 10 nitrogen and oxygen atoms in total. The number of phenols is 2. The zero-order valence-electron chi connectivity index (χ0n) is 15.7. The van der Waals surface area contributed by atoms with Crippen LogP contribution < -0.4 is 9.39 Å². The van der Waals surface area contributed by atoms with Crippen LogP contribution in [0.5, 0.6) is 23.0 Å². The molecule has 2 aliphatic heterocycles. The van der Waals surface area contributed by atoms with Crippen LogP contribution in [-0.4, -0.2) is 68.1 Å². The van der Waals surface area contributed by atoms with Crippen LogP contribution in [0.2, 0.25) is 6.32 Å². The van der Waals surface area contributed by atoms with Crippen LogP contribution in [0.1, 0.15) is 26.3 Å². The Morgan fingerprint density at radius 1 is 1.10 bits per heavy atom. The maximum absolute atomic E-state index is 12.4. The lowest BCUT2D eigenvalue weighted by atomic mass is 9.70. The Kier molecular flexibility index (Phi) is 4.71. The summed E-state index contributed by atoms with van der Waals surface area (Å²) in [5.74, 6) is -2.55. The summed E-state index contributed by atoms with van der Waals surface area (Å²) in [7, 11) is 0. The number of nitrogens with zero attached hydrogens (tertiary/aromatic N) is 1. The number of carbonyl (C=O) groups excluding carboxylic acids is 1. The molecule has 0 saturated carbocycles. The van der Waals surface area contributed by atoms with E-state index in [2.05, 4.69) is 0 Å². The molecule has 2 aromatic carbocycles. The Morgan fingerprint density at radius 2 is 1.83 bits per heavy atom. The summed E-state index contributed by atoms with van der Waals surface area (Å²) in [6.45, 7) is -2.76. The number of hydrogen-bond acceptors (Lipinski definition) is 8. The van der Waals surface area contributed by atoms with E-state index in [9.17, 15) is 35.0 Å². The van der Waals surface area contributed by atoms with Crippen LogP contribution in [0.25, 0.3) is 0 Å². The van der Waals surface area contributed by atoms with Gasteiger partial charge in [0.2, 0.25) is 0 Å². The maximum atomic E-state index is 12.4. The average Bonchev–Trinajstić information content (AvgIpc) is 2.64. The predicted octanol–water partition coefficient (Wildman–Crippen LogP) is 0.558. The number of amides is 1. The van der Waals surface area contributed by atoms with Gasteiger partial charge in [0.05, 0.1) is 18.8 Å². The third kappa shape index (κ3) is 3.60. The maximum Gasteiger partial charge on any atom is 0.430 e. The standard InChI is InChI=1S/C19H19BNO9/c22-13-3-1-11(7-14(13)23)18(24)21-8-12(9-21)29-15-4-2-10-5-6-20(27,28)30-17(10)16(15)19(25)26/h1-4,7,12,22-23,27-28H,5-6,8-9H2,(H,25,26)/q-1. The van der Waals surface area contributed by atoms with Gasteiger partial charge in [-0.3, -0.25) is 4.79 Å². The number of phenolic OH excluding ortho intramolecular Hbond substituents is 2. The predicted molar refractivity (Wildman–Crippen MR) is 103 cm³/mol. The van der Waals surface area contributed by atoms with Crippen molar-refractivity contribution in [3.63, 3.8) is 0 Å². The molecule has 1 saturated heterocycles. The number of aromatic hydroxyl groups is 2. The van der Waals surface area contributed by atoms with Gasteiger partial charge in [-0.2, -0.15) is 0 Å². The number of carboxylic acids is 1. The summed E-state index contributed by atoms with van der Waals surface area (Å²) in [5.41, 5.74) is 0.439. The quantitative estimate of drug-likeness (QED) is 0.355. The molecule has 0 spiro atoms. The summed E-state index contributed by atoms with van der Waals surface area (Å²) in [6.07, 6.45) is -0.245. The van der Waals surface area contributed by atoms with E-state index in [1.165, 1.54) is 23.1 Å². The first kappa shape index (κ1) is 19.9. The highest BCUT2D eigenvalue weighted by Crippen LogP contribution is 2.39. The van der Waals surface area contributed by atoms with E-state index >= 15 is 0 Å². The molecule has 1 fully saturated rings. The van der Waals surface area contributed by atoms with Gasteiger partial charge in [0.1, 0.15) is 17.4 Å². The van der Waals surface area contributed by atoms with Crippen molar-refractivity contribution in [3.8, 4) is 23.0 Å². The molecule has 0 radical (unpaired) electrons. The van der Waals surface area contributed by atoms with Crippen molar-refractivity contribution >= 4 is 18.6 Å². The van der Waals surface area contributed by atoms with Gasteiger partial charge >= 0.3 is 12.7 Å². The molecule has 11 heteroatoms. The Balaban J connectivity index is 1.48. The number of fused-ring (bicyclic) bond motifs is 1. The van der Waals surface area contributed by atoms with Gasteiger partial charge in [0, 0.05) is 5.56 Å². The minimum atomic E-state index is -3.13. The summed E-state index contributed by atoms with van der Waals surface area (Å²) in [5, 5.41) is 48.1. The number of hydrogen-bond donors (Lipinski definition) is 5. The van der Waals surface area contributed by atoms with Gasteiger partial charge in [-0.05, 0) is 36.2 Å². The minimum absolute atomic E-state index is 0.00845. The number of likely N-dealkylation sites (tertiary alicyclic amines) is 1. The lowest BCUT2D eigenvalue weighted by Gasteiger charge is -2.40. The molecule has 2 aliphatic rings. The summed E-state index contributed by atoms with van der Waals surface area (Å²) in [6, 6.07) is 6.86. The fourth-order valence-electron chi connectivity index (χ4n) is 3.53. The van der Waals surface area contributed by atoms with Crippen molar-refractivity contribution in [2.45, 2.75) is 18.8 Å². The Morgan fingerprint density at radius 3 is 2.50 bits per heavy atom. The van der Waals surface area contributed by atoms with Crippen LogP contribution in [0.4, 0.5) is 0 Å². The number of aryl methyl sites for hydroxylation is 1. The molecule has 0 atom stereocenters. The first-order valence-electron chi connectivity index (χ1n) is 9.31. The highest BCUT2D eigenvalue weighted by molar-refractivity contribution is 6.59. The fourth-order valence-corrected chi connectivity index (χ4v) is 3.53. The van der Waals surface area contributed by atoms with Gasteiger partial charge in [0.25, 0.3) is 5.91 Å². The molecule has 30 heavy (non-hydrogen) atoms. The zero-order chi connectivity index (χ0) is 21.6. The molecular weight excluding hydrogens is 397 g/mol. The van der Waals surface area contributed by atoms with Crippen molar-refractivity contribution in [2.75, 3.05) is 13.1 Å². The largest absolute Gasteiger partial charge is 0.669 e. The first-order valence-corrected chi connectivity index (χ1v) is 9.31. The van der Waals surface area contributed by atoms with Crippen LogP contribution in [-0.2, 0) is 6.42 Å². The highest BCUT2D eigenvalue weighted by atomic mass is 16.6.